The number of hydrogen-bond acceptors (Lipinski definition) is 2. The predicted molar refractivity (Wildman–Crippen MR) is 71.3 cm³/mol. The number of hydrogen-bond donors (Lipinski definition) is 2. The normalized spacial score (nSPS) is 10.5. The van der Waals surface area contributed by atoms with Crippen LogP contribution in [0.25, 0.3) is 0 Å². The van der Waals surface area contributed by atoms with Gasteiger partial charge in [0.05, 0.1) is 0 Å². The van der Waals surface area contributed by atoms with Gasteiger partial charge >= 0.3 is 0 Å². The van der Waals surface area contributed by atoms with E-state index in [1.165, 1.54) is 12.1 Å². The number of nitrogens with one attached hydrogen (secondary N) is 1. The molecule has 4 heteroatoms. The summed E-state index contributed by atoms with van der Waals surface area (Å²) in [6, 6.07) is 6.99. The number of anilines is 1. The fraction of sp³-hybridized carbons (Fsp3) is 0.200. The van der Waals surface area contributed by atoms with Crippen LogP contribution in [0.4, 0.5) is 14.5 Å². The summed E-state index contributed by atoms with van der Waals surface area (Å²) in [5.74, 6) is -0.943. The van der Waals surface area contributed by atoms with Crippen LogP contribution in [-0.4, -0.2) is 5.11 Å². The highest BCUT2D eigenvalue weighted by atomic mass is 19.1. The molecule has 0 atom stereocenters. The average Bonchev–Trinajstić information content (AvgIpc) is 2.32. The minimum absolute atomic E-state index is 0.278. The lowest BCUT2D eigenvalue weighted by Crippen LogP contribution is -2.01. The van der Waals surface area contributed by atoms with Gasteiger partial charge in [-0.25, -0.2) is 8.78 Å². The van der Waals surface area contributed by atoms with E-state index in [1.54, 1.807) is 0 Å². The number of phenolic OH excluding ortho intramolecular Hbond substituents is 1. The van der Waals surface area contributed by atoms with Crippen LogP contribution in [0.3, 0.4) is 0 Å². The molecule has 0 fully saturated rings. The van der Waals surface area contributed by atoms with E-state index in [4.69, 9.17) is 0 Å². The number of rotatable bonds is 3. The van der Waals surface area contributed by atoms with Crippen LogP contribution in [0.1, 0.15) is 16.7 Å². The molecule has 0 bridgehead atoms. The summed E-state index contributed by atoms with van der Waals surface area (Å²) >= 11 is 0. The molecule has 100 valence electrons. The quantitative estimate of drug-likeness (QED) is 0.880. The highest BCUT2D eigenvalue weighted by Gasteiger charge is 2.04. The Morgan fingerprint density at radius 3 is 2.00 bits per heavy atom. The summed E-state index contributed by atoms with van der Waals surface area (Å²) in [5.41, 5.74) is 2.89. The van der Waals surface area contributed by atoms with Gasteiger partial charge in [-0.2, -0.15) is 0 Å². The van der Waals surface area contributed by atoms with Crippen molar-refractivity contribution in [2.24, 2.45) is 0 Å². The van der Waals surface area contributed by atoms with Crippen LogP contribution in [0.15, 0.2) is 30.3 Å². The van der Waals surface area contributed by atoms with Crippen LogP contribution in [-0.2, 0) is 6.54 Å². The zero-order valence-corrected chi connectivity index (χ0v) is 10.8. The molecule has 2 nitrogen and oxygen atoms in total. The van der Waals surface area contributed by atoms with Gasteiger partial charge in [0.25, 0.3) is 0 Å². The number of benzene rings is 2. The lowest BCUT2D eigenvalue weighted by Gasteiger charge is -2.10. The lowest BCUT2D eigenvalue weighted by atomic mass is 10.1. The fourth-order valence-corrected chi connectivity index (χ4v) is 2.01. The number of aromatic hydroxyl groups is 1. The molecule has 0 unspecified atom stereocenters. The first-order valence-electron chi connectivity index (χ1n) is 5.95. The summed E-state index contributed by atoms with van der Waals surface area (Å²) < 4.78 is 26.0. The molecule has 0 saturated carbocycles. The minimum Gasteiger partial charge on any atom is -0.507 e. The molecule has 0 amide bonds. The lowest BCUT2D eigenvalue weighted by molar-refractivity contribution is 0.466. The fourth-order valence-electron chi connectivity index (χ4n) is 2.01. The highest BCUT2D eigenvalue weighted by Crippen LogP contribution is 2.23. The Hall–Kier alpha value is -2.10. The highest BCUT2D eigenvalue weighted by molar-refractivity contribution is 5.46. The van der Waals surface area contributed by atoms with Crippen molar-refractivity contribution in [2.45, 2.75) is 20.4 Å². The summed E-state index contributed by atoms with van der Waals surface area (Å²) in [4.78, 5) is 0. The van der Waals surface area contributed by atoms with Gasteiger partial charge in [-0.1, -0.05) is 12.1 Å². The largest absolute Gasteiger partial charge is 0.507 e. The van der Waals surface area contributed by atoms with E-state index in [9.17, 15) is 13.9 Å². The Morgan fingerprint density at radius 1 is 0.947 bits per heavy atom. The Bertz CT molecular complexity index is 568. The average molecular weight is 263 g/mol. The molecule has 0 spiro atoms. The molecule has 0 aliphatic rings. The Balaban J connectivity index is 2.14. The van der Waals surface area contributed by atoms with Gasteiger partial charge in [0.1, 0.15) is 17.4 Å². The first kappa shape index (κ1) is 13.3. The van der Waals surface area contributed by atoms with Gasteiger partial charge in [-0.3, -0.25) is 0 Å². The summed E-state index contributed by atoms with van der Waals surface area (Å²) in [6.07, 6.45) is 0. The van der Waals surface area contributed by atoms with Crippen molar-refractivity contribution in [3.63, 3.8) is 0 Å². The SMILES string of the molecule is Cc1cc(CNc2cc(F)cc(F)c2)cc(C)c1O. The van der Waals surface area contributed by atoms with Crippen molar-refractivity contribution in [3.8, 4) is 5.75 Å². The van der Waals surface area contributed by atoms with Crippen molar-refractivity contribution in [2.75, 3.05) is 5.32 Å². The molecule has 0 aliphatic heterocycles. The zero-order valence-electron chi connectivity index (χ0n) is 10.8. The van der Waals surface area contributed by atoms with Crippen LogP contribution >= 0.6 is 0 Å². The third kappa shape index (κ3) is 3.22. The molecular formula is C15H15F2NO. The van der Waals surface area contributed by atoms with Gasteiger partial charge in [0, 0.05) is 18.3 Å². The second kappa shape index (κ2) is 5.26. The molecule has 2 rings (SSSR count). The second-order valence-corrected chi connectivity index (χ2v) is 4.59. The zero-order chi connectivity index (χ0) is 14.0. The van der Waals surface area contributed by atoms with Crippen molar-refractivity contribution in [3.05, 3.63) is 58.7 Å². The van der Waals surface area contributed by atoms with Crippen molar-refractivity contribution < 1.29 is 13.9 Å². The predicted octanol–water partition coefficient (Wildman–Crippen LogP) is 3.90. The molecule has 19 heavy (non-hydrogen) atoms. The maximum atomic E-state index is 13.0. The summed E-state index contributed by atoms with van der Waals surface area (Å²) in [7, 11) is 0. The maximum Gasteiger partial charge on any atom is 0.128 e. The second-order valence-electron chi connectivity index (χ2n) is 4.59. The molecule has 2 aromatic rings. The molecule has 0 saturated heterocycles. The minimum atomic E-state index is -0.611. The van der Waals surface area contributed by atoms with Crippen molar-refractivity contribution >= 4 is 5.69 Å². The van der Waals surface area contributed by atoms with E-state index >= 15 is 0 Å². The molecular weight excluding hydrogens is 248 g/mol. The van der Waals surface area contributed by atoms with E-state index in [0.717, 1.165) is 22.8 Å². The summed E-state index contributed by atoms with van der Waals surface area (Å²) in [5, 5.41) is 12.6. The van der Waals surface area contributed by atoms with E-state index < -0.39 is 11.6 Å². The Kier molecular flexibility index (Phi) is 3.69. The van der Waals surface area contributed by atoms with Crippen molar-refractivity contribution in [1.82, 2.24) is 0 Å². The van der Waals surface area contributed by atoms with E-state index in [-0.39, 0.29) is 5.75 Å². The number of aryl methyl sites for hydroxylation is 2. The Morgan fingerprint density at radius 2 is 1.47 bits per heavy atom. The molecule has 0 aromatic heterocycles. The maximum absolute atomic E-state index is 13.0. The smallest absolute Gasteiger partial charge is 0.128 e. The number of halogens is 2. The van der Waals surface area contributed by atoms with Crippen LogP contribution in [0.5, 0.6) is 5.75 Å². The molecule has 0 heterocycles. The first-order chi connectivity index (χ1) is 8.95. The third-order valence-corrected chi connectivity index (χ3v) is 2.91. The van der Waals surface area contributed by atoms with Crippen LogP contribution in [0.2, 0.25) is 0 Å². The molecule has 0 aliphatic carbocycles. The van der Waals surface area contributed by atoms with Crippen LogP contribution < -0.4 is 5.32 Å². The van der Waals surface area contributed by atoms with Crippen LogP contribution in [0, 0.1) is 25.5 Å². The molecule has 2 N–H and O–H groups in total. The topological polar surface area (TPSA) is 32.3 Å². The van der Waals surface area contributed by atoms with E-state index in [0.29, 0.717) is 12.2 Å². The Labute approximate surface area is 110 Å². The monoisotopic (exact) mass is 263 g/mol. The van der Waals surface area contributed by atoms with Gasteiger partial charge in [0.15, 0.2) is 0 Å². The summed E-state index contributed by atoms with van der Waals surface area (Å²) in [6.45, 7) is 4.06. The third-order valence-electron chi connectivity index (χ3n) is 2.91. The number of phenols is 1. The van der Waals surface area contributed by atoms with E-state index in [1.807, 2.05) is 26.0 Å². The van der Waals surface area contributed by atoms with Gasteiger partial charge in [-0.15, -0.1) is 0 Å². The first-order valence-corrected chi connectivity index (χ1v) is 5.95. The van der Waals surface area contributed by atoms with Gasteiger partial charge in [0.2, 0.25) is 0 Å². The van der Waals surface area contributed by atoms with E-state index in [2.05, 4.69) is 5.32 Å². The van der Waals surface area contributed by atoms with Gasteiger partial charge < -0.3 is 10.4 Å². The van der Waals surface area contributed by atoms with Crippen molar-refractivity contribution in [1.29, 1.82) is 0 Å². The van der Waals surface area contributed by atoms with Gasteiger partial charge in [-0.05, 0) is 42.7 Å². The molecule has 0 radical (unpaired) electrons. The standard InChI is InChI=1S/C15H15F2NO/c1-9-3-11(4-10(2)15(9)19)8-18-14-6-12(16)5-13(17)7-14/h3-7,18-19H,8H2,1-2H3. The molecule has 2 aromatic carbocycles.